The first-order valence-corrected chi connectivity index (χ1v) is 6.17. The molecule has 0 spiro atoms. The van der Waals surface area contributed by atoms with Gasteiger partial charge in [0.1, 0.15) is 5.54 Å². The van der Waals surface area contributed by atoms with E-state index in [0.29, 0.717) is 12.0 Å². The van der Waals surface area contributed by atoms with E-state index < -0.39 is 11.5 Å². The molecule has 0 amide bonds. The second-order valence-electron chi connectivity index (χ2n) is 4.63. The first-order chi connectivity index (χ1) is 8.95. The lowest BCUT2D eigenvalue weighted by molar-refractivity contribution is -0.145. The summed E-state index contributed by atoms with van der Waals surface area (Å²) in [6.45, 7) is 1.97. The molecule has 0 heterocycles. The van der Waals surface area contributed by atoms with Gasteiger partial charge in [-0.05, 0) is 24.1 Å². The summed E-state index contributed by atoms with van der Waals surface area (Å²) in [4.78, 5) is 11.5. The average Bonchev–Trinajstić information content (AvgIpc) is 2.38. The second kappa shape index (κ2) is 6.40. The van der Waals surface area contributed by atoms with Crippen molar-refractivity contribution in [3.63, 3.8) is 0 Å². The van der Waals surface area contributed by atoms with Crippen LogP contribution in [0.25, 0.3) is 0 Å². The quantitative estimate of drug-likeness (QED) is 0.287. The average molecular weight is 268 g/mol. The van der Waals surface area contributed by atoms with E-state index >= 15 is 0 Å². The fourth-order valence-electron chi connectivity index (χ4n) is 1.96. The Balaban J connectivity index is 2.98. The molecule has 0 aliphatic rings. The molecule has 19 heavy (non-hydrogen) atoms. The van der Waals surface area contributed by atoms with E-state index in [-0.39, 0.29) is 17.9 Å². The standard InChI is InChI=1S/C13H20N2O4/c1-2-3-6-13(15-14,12(18)19)8-9-4-5-10(16)11(17)7-9/h4-5,7,15-17H,2-3,6,8,14H2,1H3,(H,18,19). The maximum Gasteiger partial charge on any atom is 0.325 e. The number of hydrogen-bond acceptors (Lipinski definition) is 5. The molecule has 6 heteroatoms. The van der Waals surface area contributed by atoms with Gasteiger partial charge in [-0.25, -0.2) is 5.43 Å². The predicted molar refractivity (Wildman–Crippen MR) is 70.7 cm³/mol. The highest BCUT2D eigenvalue weighted by molar-refractivity contribution is 5.79. The SMILES string of the molecule is CCCCC(Cc1ccc(O)c(O)c1)(NN)C(=O)O. The highest BCUT2D eigenvalue weighted by Crippen LogP contribution is 2.28. The monoisotopic (exact) mass is 268 g/mol. The number of carbonyl (C=O) groups is 1. The fraction of sp³-hybridized carbons (Fsp3) is 0.462. The summed E-state index contributed by atoms with van der Waals surface area (Å²) in [6, 6.07) is 4.24. The molecule has 0 fully saturated rings. The third kappa shape index (κ3) is 3.59. The molecule has 1 aromatic carbocycles. The van der Waals surface area contributed by atoms with E-state index in [0.717, 1.165) is 12.8 Å². The highest BCUT2D eigenvalue weighted by Gasteiger charge is 2.37. The number of phenols is 2. The summed E-state index contributed by atoms with van der Waals surface area (Å²) < 4.78 is 0. The third-order valence-corrected chi connectivity index (χ3v) is 3.19. The molecule has 0 aliphatic carbocycles. The van der Waals surface area contributed by atoms with Gasteiger partial charge in [0.15, 0.2) is 11.5 Å². The van der Waals surface area contributed by atoms with Crippen LogP contribution in [0.3, 0.4) is 0 Å². The van der Waals surface area contributed by atoms with Crippen molar-refractivity contribution in [3.05, 3.63) is 23.8 Å². The van der Waals surface area contributed by atoms with Gasteiger partial charge >= 0.3 is 5.97 Å². The van der Waals surface area contributed by atoms with Crippen LogP contribution < -0.4 is 11.3 Å². The van der Waals surface area contributed by atoms with E-state index in [9.17, 15) is 20.1 Å². The van der Waals surface area contributed by atoms with Crippen LogP contribution in [0.4, 0.5) is 0 Å². The molecule has 0 saturated carbocycles. The van der Waals surface area contributed by atoms with Crippen molar-refractivity contribution in [2.75, 3.05) is 0 Å². The van der Waals surface area contributed by atoms with Crippen LogP contribution >= 0.6 is 0 Å². The Morgan fingerprint density at radius 2 is 2.05 bits per heavy atom. The molecular weight excluding hydrogens is 248 g/mol. The number of carboxylic acid groups (broad SMARTS) is 1. The van der Waals surface area contributed by atoms with Gasteiger partial charge in [0.25, 0.3) is 0 Å². The minimum atomic E-state index is -1.26. The fourth-order valence-corrected chi connectivity index (χ4v) is 1.96. The lowest BCUT2D eigenvalue weighted by Gasteiger charge is -2.28. The summed E-state index contributed by atoms with van der Waals surface area (Å²) in [5.41, 5.74) is 1.71. The van der Waals surface area contributed by atoms with Gasteiger partial charge in [-0.2, -0.15) is 0 Å². The largest absolute Gasteiger partial charge is 0.504 e. The van der Waals surface area contributed by atoms with Crippen LogP contribution in [-0.4, -0.2) is 26.8 Å². The summed E-state index contributed by atoms with van der Waals surface area (Å²) in [7, 11) is 0. The van der Waals surface area contributed by atoms with E-state index in [1.54, 1.807) is 6.07 Å². The molecule has 1 atom stereocenters. The molecular formula is C13H20N2O4. The van der Waals surface area contributed by atoms with Crippen molar-refractivity contribution in [2.24, 2.45) is 5.84 Å². The summed E-state index contributed by atoms with van der Waals surface area (Å²) in [6.07, 6.45) is 2.10. The Morgan fingerprint density at radius 1 is 1.37 bits per heavy atom. The Labute approximate surface area is 111 Å². The number of hydrogen-bond donors (Lipinski definition) is 5. The topological polar surface area (TPSA) is 116 Å². The molecule has 106 valence electrons. The van der Waals surface area contributed by atoms with Gasteiger partial charge < -0.3 is 15.3 Å². The minimum absolute atomic E-state index is 0.132. The molecule has 0 aromatic heterocycles. The summed E-state index contributed by atoms with van der Waals surface area (Å²) in [5, 5.41) is 28.1. The van der Waals surface area contributed by atoms with Crippen molar-refractivity contribution < 1.29 is 20.1 Å². The zero-order valence-electron chi connectivity index (χ0n) is 10.9. The zero-order chi connectivity index (χ0) is 14.5. The molecule has 6 nitrogen and oxygen atoms in total. The third-order valence-electron chi connectivity index (χ3n) is 3.19. The van der Waals surface area contributed by atoms with Crippen LogP contribution in [0.15, 0.2) is 18.2 Å². The number of rotatable bonds is 7. The first kappa shape index (κ1) is 15.3. The van der Waals surface area contributed by atoms with Crippen molar-refractivity contribution in [3.8, 4) is 11.5 Å². The molecule has 0 bridgehead atoms. The van der Waals surface area contributed by atoms with Crippen molar-refractivity contribution in [1.29, 1.82) is 0 Å². The van der Waals surface area contributed by atoms with E-state index in [4.69, 9.17) is 5.84 Å². The van der Waals surface area contributed by atoms with E-state index in [1.165, 1.54) is 12.1 Å². The Bertz CT molecular complexity index is 450. The van der Waals surface area contributed by atoms with Crippen molar-refractivity contribution >= 4 is 5.97 Å². The first-order valence-electron chi connectivity index (χ1n) is 6.17. The number of unbranched alkanes of at least 4 members (excludes halogenated alkanes) is 1. The van der Waals surface area contributed by atoms with Crippen LogP contribution in [0.2, 0.25) is 0 Å². The van der Waals surface area contributed by atoms with Gasteiger partial charge in [0.2, 0.25) is 0 Å². The van der Waals surface area contributed by atoms with Gasteiger partial charge in [-0.3, -0.25) is 10.6 Å². The molecule has 0 radical (unpaired) electrons. The molecule has 0 saturated heterocycles. The lowest BCUT2D eigenvalue weighted by atomic mass is 9.86. The van der Waals surface area contributed by atoms with Crippen LogP contribution in [0.1, 0.15) is 31.7 Å². The van der Waals surface area contributed by atoms with Crippen LogP contribution in [0.5, 0.6) is 11.5 Å². The Kier molecular flexibility index (Phi) is 5.14. The molecule has 1 rings (SSSR count). The predicted octanol–water partition coefficient (Wildman–Crippen LogP) is 1.12. The molecule has 1 aromatic rings. The lowest BCUT2D eigenvalue weighted by Crippen LogP contribution is -2.57. The minimum Gasteiger partial charge on any atom is -0.504 e. The van der Waals surface area contributed by atoms with Gasteiger partial charge in [0, 0.05) is 6.42 Å². The van der Waals surface area contributed by atoms with Crippen molar-refractivity contribution in [1.82, 2.24) is 5.43 Å². The summed E-state index contributed by atoms with van der Waals surface area (Å²) >= 11 is 0. The molecule has 1 unspecified atom stereocenters. The number of nitrogens with two attached hydrogens (primary N) is 1. The second-order valence-corrected chi connectivity index (χ2v) is 4.63. The smallest absolute Gasteiger partial charge is 0.325 e. The number of aromatic hydroxyl groups is 2. The van der Waals surface area contributed by atoms with Crippen LogP contribution in [0, 0.1) is 0 Å². The van der Waals surface area contributed by atoms with Gasteiger partial charge in [0.05, 0.1) is 0 Å². The molecule has 0 aliphatic heterocycles. The van der Waals surface area contributed by atoms with Gasteiger partial charge in [-0.15, -0.1) is 0 Å². The number of carboxylic acids is 1. The van der Waals surface area contributed by atoms with E-state index in [2.05, 4.69) is 5.43 Å². The number of hydrazine groups is 1. The Morgan fingerprint density at radius 3 is 2.53 bits per heavy atom. The number of aliphatic carboxylic acids is 1. The van der Waals surface area contributed by atoms with E-state index in [1.807, 2.05) is 6.92 Å². The number of phenolic OH excluding ortho intramolecular Hbond substituents is 2. The van der Waals surface area contributed by atoms with Crippen LogP contribution in [-0.2, 0) is 11.2 Å². The Hall–Kier alpha value is -1.79. The number of benzene rings is 1. The maximum atomic E-state index is 11.5. The zero-order valence-corrected chi connectivity index (χ0v) is 10.9. The molecule has 6 N–H and O–H groups in total. The van der Waals surface area contributed by atoms with Crippen molar-refractivity contribution in [2.45, 2.75) is 38.1 Å². The highest BCUT2D eigenvalue weighted by atomic mass is 16.4. The van der Waals surface area contributed by atoms with Gasteiger partial charge in [-0.1, -0.05) is 25.8 Å². The number of nitrogens with one attached hydrogen (secondary N) is 1. The normalized spacial score (nSPS) is 14.0. The summed E-state index contributed by atoms with van der Waals surface area (Å²) in [5.74, 6) is 3.88. The maximum absolute atomic E-state index is 11.5.